The third-order valence-electron chi connectivity index (χ3n) is 2.21. The second kappa shape index (κ2) is 4.17. The standard InChI is InChI=1S/C9H13N3O3S/c1-6-8(5-13)7(2)11-9(10-6)12(3)16(4,14)15/h5H,1-4H3. The predicted octanol–water partition coefficient (Wildman–Crippen LogP) is 0.302. The van der Waals surface area contributed by atoms with Gasteiger partial charge in [-0.2, -0.15) is 0 Å². The van der Waals surface area contributed by atoms with E-state index in [4.69, 9.17) is 0 Å². The molecule has 0 N–H and O–H groups in total. The number of hydrogen-bond donors (Lipinski definition) is 0. The van der Waals surface area contributed by atoms with Crippen molar-refractivity contribution < 1.29 is 13.2 Å². The fourth-order valence-corrected chi connectivity index (χ4v) is 1.55. The summed E-state index contributed by atoms with van der Waals surface area (Å²) in [6.45, 7) is 3.27. The lowest BCUT2D eigenvalue weighted by atomic mass is 10.2. The molecule has 0 aromatic carbocycles. The molecule has 1 aromatic heterocycles. The van der Waals surface area contributed by atoms with E-state index >= 15 is 0 Å². The van der Waals surface area contributed by atoms with Crippen LogP contribution in [0.25, 0.3) is 0 Å². The SMILES string of the molecule is Cc1nc(N(C)S(C)(=O)=O)nc(C)c1C=O. The summed E-state index contributed by atoms with van der Waals surface area (Å²) in [6, 6.07) is 0. The normalized spacial score (nSPS) is 11.2. The van der Waals surface area contributed by atoms with Crippen molar-refractivity contribution in [1.29, 1.82) is 0 Å². The molecule has 1 rings (SSSR count). The maximum atomic E-state index is 11.3. The first-order valence-electron chi connectivity index (χ1n) is 4.51. The smallest absolute Gasteiger partial charge is 0.239 e. The number of anilines is 1. The van der Waals surface area contributed by atoms with Gasteiger partial charge < -0.3 is 0 Å². The number of carbonyl (C=O) groups is 1. The Balaban J connectivity index is 3.35. The Bertz CT molecular complexity index is 502. The zero-order valence-electron chi connectivity index (χ0n) is 9.55. The average Bonchev–Trinajstić information content (AvgIpc) is 2.14. The van der Waals surface area contributed by atoms with Crippen LogP contribution in [0.2, 0.25) is 0 Å². The third-order valence-corrected chi connectivity index (χ3v) is 3.37. The molecule has 0 fully saturated rings. The van der Waals surface area contributed by atoms with Gasteiger partial charge in [0.25, 0.3) is 0 Å². The lowest BCUT2D eigenvalue weighted by molar-refractivity contribution is 0.112. The Morgan fingerprint density at radius 3 is 1.94 bits per heavy atom. The average molecular weight is 243 g/mol. The molecular formula is C9H13N3O3S. The van der Waals surface area contributed by atoms with Gasteiger partial charge >= 0.3 is 0 Å². The van der Waals surface area contributed by atoms with E-state index in [2.05, 4.69) is 9.97 Å². The molecule has 16 heavy (non-hydrogen) atoms. The second-order valence-electron chi connectivity index (χ2n) is 3.46. The van der Waals surface area contributed by atoms with Gasteiger partial charge in [-0.15, -0.1) is 0 Å². The topological polar surface area (TPSA) is 80.2 Å². The highest BCUT2D eigenvalue weighted by molar-refractivity contribution is 7.92. The van der Waals surface area contributed by atoms with Crippen LogP contribution in [0.5, 0.6) is 0 Å². The third kappa shape index (κ3) is 2.35. The maximum absolute atomic E-state index is 11.3. The van der Waals surface area contributed by atoms with Gasteiger partial charge in [0.05, 0.1) is 23.2 Å². The molecule has 1 heterocycles. The van der Waals surface area contributed by atoms with Crippen LogP contribution in [0.4, 0.5) is 5.95 Å². The fourth-order valence-electron chi connectivity index (χ4n) is 1.17. The minimum absolute atomic E-state index is 0.0723. The van der Waals surface area contributed by atoms with Gasteiger partial charge in [-0.05, 0) is 13.8 Å². The molecule has 0 saturated carbocycles. The van der Waals surface area contributed by atoms with Gasteiger partial charge in [0.1, 0.15) is 0 Å². The Morgan fingerprint density at radius 2 is 1.62 bits per heavy atom. The van der Waals surface area contributed by atoms with Crippen molar-refractivity contribution in [3.8, 4) is 0 Å². The van der Waals surface area contributed by atoms with E-state index in [0.717, 1.165) is 10.6 Å². The fraction of sp³-hybridized carbons (Fsp3) is 0.444. The highest BCUT2D eigenvalue weighted by atomic mass is 32.2. The number of aryl methyl sites for hydroxylation is 2. The molecule has 0 atom stereocenters. The van der Waals surface area contributed by atoms with E-state index in [1.165, 1.54) is 7.05 Å². The highest BCUT2D eigenvalue weighted by Crippen LogP contribution is 2.14. The maximum Gasteiger partial charge on any atom is 0.239 e. The largest absolute Gasteiger partial charge is 0.298 e. The molecule has 0 spiro atoms. The molecule has 0 aliphatic carbocycles. The van der Waals surface area contributed by atoms with E-state index < -0.39 is 10.0 Å². The number of aldehydes is 1. The van der Waals surface area contributed by atoms with E-state index in [0.29, 0.717) is 23.2 Å². The van der Waals surface area contributed by atoms with E-state index in [-0.39, 0.29) is 5.95 Å². The van der Waals surface area contributed by atoms with Crippen LogP contribution in [0.3, 0.4) is 0 Å². The van der Waals surface area contributed by atoms with Gasteiger partial charge in [0.2, 0.25) is 16.0 Å². The number of rotatable bonds is 3. The minimum Gasteiger partial charge on any atom is -0.298 e. The lowest BCUT2D eigenvalue weighted by Crippen LogP contribution is -2.27. The highest BCUT2D eigenvalue weighted by Gasteiger charge is 2.17. The van der Waals surface area contributed by atoms with Crippen molar-refractivity contribution in [2.45, 2.75) is 13.8 Å². The van der Waals surface area contributed by atoms with Crippen molar-refractivity contribution in [2.24, 2.45) is 0 Å². The predicted molar refractivity (Wildman–Crippen MR) is 60.1 cm³/mol. The van der Waals surface area contributed by atoms with Gasteiger partial charge in [-0.25, -0.2) is 22.7 Å². The van der Waals surface area contributed by atoms with Crippen molar-refractivity contribution in [3.63, 3.8) is 0 Å². The Hall–Kier alpha value is -1.50. The molecule has 0 amide bonds. The molecule has 6 nitrogen and oxygen atoms in total. The van der Waals surface area contributed by atoms with Crippen LogP contribution in [0, 0.1) is 13.8 Å². The van der Waals surface area contributed by atoms with E-state index in [1.54, 1.807) is 13.8 Å². The number of sulfonamides is 1. The molecule has 0 aliphatic rings. The number of aromatic nitrogens is 2. The van der Waals surface area contributed by atoms with Crippen molar-refractivity contribution in [2.75, 3.05) is 17.6 Å². The first kappa shape index (κ1) is 12.6. The first-order valence-corrected chi connectivity index (χ1v) is 6.36. The summed E-state index contributed by atoms with van der Waals surface area (Å²) < 4.78 is 23.5. The van der Waals surface area contributed by atoms with Crippen LogP contribution in [-0.2, 0) is 10.0 Å². The molecule has 1 aromatic rings. The second-order valence-corrected chi connectivity index (χ2v) is 5.47. The Kier molecular flexibility index (Phi) is 3.27. The van der Waals surface area contributed by atoms with Crippen LogP contribution >= 0.6 is 0 Å². The zero-order valence-corrected chi connectivity index (χ0v) is 10.4. The number of hydrogen-bond acceptors (Lipinski definition) is 5. The summed E-state index contributed by atoms with van der Waals surface area (Å²) in [6.07, 6.45) is 1.73. The summed E-state index contributed by atoms with van der Waals surface area (Å²) in [5, 5.41) is 0. The summed E-state index contributed by atoms with van der Waals surface area (Å²) >= 11 is 0. The molecule has 0 bridgehead atoms. The summed E-state index contributed by atoms with van der Waals surface area (Å²) in [5.74, 6) is 0.0723. The lowest BCUT2D eigenvalue weighted by Gasteiger charge is -2.15. The van der Waals surface area contributed by atoms with E-state index in [9.17, 15) is 13.2 Å². The summed E-state index contributed by atoms with van der Waals surface area (Å²) in [5.41, 5.74) is 1.33. The summed E-state index contributed by atoms with van der Waals surface area (Å²) in [4.78, 5) is 18.7. The molecule has 0 unspecified atom stereocenters. The van der Waals surface area contributed by atoms with Crippen LogP contribution in [0.15, 0.2) is 0 Å². The molecule has 88 valence electrons. The van der Waals surface area contributed by atoms with Gasteiger partial charge in [-0.1, -0.05) is 0 Å². The monoisotopic (exact) mass is 243 g/mol. The van der Waals surface area contributed by atoms with E-state index in [1.807, 2.05) is 0 Å². The molecule has 7 heteroatoms. The summed E-state index contributed by atoms with van der Waals surface area (Å²) in [7, 11) is -2.02. The molecular weight excluding hydrogens is 230 g/mol. The van der Waals surface area contributed by atoms with Crippen molar-refractivity contribution >= 4 is 22.3 Å². The quantitative estimate of drug-likeness (QED) is 0.713. The zero-order chi connectivity index (χ0) is 12.5. The Morgan fingerprint density at radius 1 is 1.19 bits per heavy atom. The van der Waals surface area contributed by atoms with Crippen LogP contribution in [-0.4, -0.2) is 38.0 Å². The minimum atomic E-state index is -3.39. The Labute approximate surface area is 94.4 Å². The van der Waals surface area contributed by atoms with Gasteiger partial charge in [0.15, 0.2) is 6.29 Å². The molecule has 0 aliphatic heterocycles. The van der Waals surface area contributed by atoms with Crippen molar-refractivity contribution in [1.82, 2.24) is 9.97 Å². The molecule has 0 radical (unpaired) electrons. The first-order chi connectivity index (χ1) is 7.27. The van der Waals surface area contributed by atoms with Crippen LogP contribution < -0.4 is 4.31 Å². The van der Waals surface area contributed by atoms with Crippen molar-refractivity contribution in [3.05, 3.63) is 17.0 Å². The van der Waals surface area contributed by atoms with Gasteiger partial charge in [-0.3, -0.25) is 4.79 Å². The number of nitrogens with zero attached hydrogens (tertiary/aromatic N) is 3. The molecule has 0 saturated heterocycles. The van der Waals surface area contributed by atoms with Gasteiger partial charge in [0, 0.05) is 7.05 Å². The number of carbonyl (C=O) groups excluding carboxylic acids is 1. The van der Waals surface area contributed by atoms with Crippen LogP contribution in [0.1, 0.15) is 21.7 Å².